The molecule has 0 saturated heterocycles. The smallest absolute Gasteiger partial charge is 0.341 e. The van der Waals surface area contributed by atoms with Crippen LogP contribution in [0.3, 0.4) is 0 Å². The van der Waals surface area contributed by atoms with E-state index >= 15 is 0 Å². The third-order valence-electron chi connectivity index (χ3n) is 3.09. The summed E-state index contributed by atoms with van der Waals surface area (Å²) >= 11 is 0. The van der Waals surface area contributed by atoms with Crippen molar-refractivity contribution in [1.82, 2.24) is 4.57 Å². The number of carboxylic acids is 1. The highest BCUT2D eigenvalue weighted by molar-refractivity contribution is 5.86. The first kappa shape index (κ1) is 13.1. The number of nitrogens with zero attached hydrogens (tertiary/aromatic N) is 1. The van der Waals surface area contributed by atoms with Crippen molar-refractivity contribution in [3.63, 3.8) is 0 Å². The zero-order chi connectivity index (χ0) is 14.0. The number of aromatic nitrogens is 1. The number of carboxylic acid groups (broad SMARTS) is 1. The molecule has 0 spiro atoms. The maximum atomic E-state index is 12.0. The Kier molecular flexibility index (Phi) is 3.51. The first-order valence-electron chi connectivity index (χ1n) is 5.98. The molecule has 0 aliphatic rings. The predicted octanol–water partition coefficient (Wildman–Crippen LogP) is 2.21. The second kappa shape index (κ2) is 5.10. The van der Waals surface area contributed by atoms with Crippen LogP contribution >= 0.6 is 0 Å². The molecule has 4 nitrogen and oxygen atoms in total. The minimum atomic E-state index is -1.19. The van der Waals surface area contributed by atoms with Crippen LogP contribution in [0.2, 0.25) is 0 Å². The van der Waals surface area contributed by atoms with Crippen molar-refractivity contribution in [3.8, 4) is 0 Å². The van der Waals surface area contributed by atoms with Crippen LogP contribution in [0.4, 0.5) is 0 Å². The molecule has 0 amide bonds. The SMILES string of the molecule is Cc1ccc(Cn2cccc(C(=O)O)c2=O)c(C)c1. The second-order valence-corrected chi connectivity index (χ2v) is 4.59. The largest absolute Gasteiger partial charge is 0.477 e. The highest BCUT2D eigenvalue weighted by Crippen LogP contribution is 2.11. The maximum absolute atomic E-state index is 12.0. The molecule has 0 radical (unpaired) electrons. The molecule has 0 unspecified atom stereocenters. The van der Waals surface area contributed by atoms with Crippen molar-refractivity contribution in [3.05, 3.63) is 69.1 Å². The van der Waals surface area contributed by atoms with Crippen LogP contribution in [-0.4, -0.2) is 15.6 Å². The summed E-state index contributed by atoms with van der Waals surface area (Å²) in [5.41, 5.74) is 2.58. The molecule has 1 aromatic carbocycles. The Labute approximate surface area is 110 Å². The van der Waals surface area contributed by atoms with E-state index in [4.69, 9.17) is 5.11 Å². The van der Waals surface area contributed by atoms with Crippen LogP contribution in [0.25, 0.3) is 0 Å². The van der Waals surface area contributed by atoms with Crippen molar-refractivity contribution >= 4 is 5.97 Å². The van der Waals surface area contributed by atoms with Crippen LogP contribution in [0, 0.1) is 13.8 Å². The van der Waals surface area contributed by atoms with E-state index in [1.165, 1.54) is 10.6 Å². The number of benzene rings is 1. The van der Waals surface area contributed by atoms with Crippen LogP contribution in [0.15, 0.2) is 41.3 Å². The molecule has 1 aromatic heterocycles. The van der Waals surface area contributed by atoms with Gasteiger partial charge in [0.15, 0.2) is 0 Å². The Morgan fingerprint density at radius 3 is 2.63 bits per heavy atom. The third-order valence-corrected chi connectivity index (χ3v) is 3.09. The Balaban J connectivity index is 2.42. The van der Waals surface area contributed by atoms with Gasteiger partial charge < -0.3 is 9.67 Å². The molecular weight excluding hydrogens is 242 g/mol. The van der Waals surface area contributed by atoms with E-state index in [2.05, 4.69) is 0 Å². The van der Waals surface area contributed by atoms with Gasteiger partial charge >= 0.3 is 5.97 Å². The minimum Gasteiger partial charge on any atom is -0.477 e. The normalized spacial score (nSPS) is 10.4. The summed E-state index contributed by atoms with van der Waals surface area (Å²) in [7, 11) is 0. The molecule has 0 atom stereocenters. The van der Waals surface area contributed by atoms with E-state index in [1.54, 1.807) is 12.3 Å². The fourth-order valence-corrected chi connectivity index (χ4v) is 2.03. The highest BCUT2D eigenvalue weighted by Gasteiger charge is 2.10. The van der Waals surface area contributed by atoms with Gasteiger partial charge in [-0.1, -0.05) is 23.8 Å². The summed E-state index contributed by atoms with van der Waals surface area (Å²) < 4.78 is 1.42. The average molecular weight is 257 g/mol. The maximum Gasteiger partial charge on any atom is 0.341 e. The van der Waals surface area contributed by atoms with Gasteiger partial charge in [-0.05, 0) is 37.1 Å². The second-order valence-electron chi connectivity index (χ2n) is 4.59. The molecule has 2 rings (SSSR count). The number of aromatic carboxylic acids is 1. The lowest BCUT2D eigenvalue weighted by Gasteiger charge is -2.10. The Bertz CT molecular complexity index is 686. The fraction of sp³-hybridized carbons (Fsp3) is 0.200. The van der Waals surface area contributed by atoms with E-state index in [9.17, 15) is 9.59 Å². The molecule has 0 bridgehead atoms. The molecule has 0 aliphatic heterocycles. The van der Waals surface area contributed by atoms with Crippen molar-refractivity contribution < 1.29 is 9.90 Å². The molecule has 4 heteroatoms. The third kappa shape index (κ3) is 2.73. The predicted molar refractivity (Wildman–Crippen MR) is 72.7 cm³/mol. The molecule has 2 aromatic rings. The number of pyridine rings is 1. The number of aryl methyl sites for hydroxylation is 2. The standard InChI is InChI=1S/C15H15NO3/c1-10-5-6-12(11(2)8-10)9-16-7-3-4-13(14(16)17)15(18)19/h3-8H,9H2,1-2H3,(H,18,19). The lowest BCUT2D eigenvalue weighted by Crippen LogP contribution is -2.26. The average Bonchev–Trinajstić information content (AvgIpc) is 2.34. The summed E-state index contributed by atoms with van der Waals surface area (Å²) in [6.07, 6.45) is 1.61. The van der Waals surface area contributed by atoms with Crippen molar-refractivity contribution in [1.29, 1.82) is 0 Å². The summed E-state index contributed by atoms with van der Waals surface area (Å²) in [5.74, 6) is -1.19. The van der Waals surface area contributed by atoms with Gasteiger partial charge in [-0.2, -0.15) is 0 Å². The first-order valence-corrected chi connectivity index (χ1v) is 5.98. The lowest BCUT2D eigenvalue weighted by molar-refractivity contribution is 0.0694. The van der Waals surface area contributed by atoms with Gasteiger partial charge in [-0.3, -0.25) is 4.79 Å². The van der Waals surface area contributed by atoms with Crippen LogP contribution in [0.1, 0.15) is 27.0 Å². The summed E-state index contributed by atoms with van der Waals surface area (Å²) in [6, 6.07) is 8.89. The summed E-state index contributed by atoms with van der Waals surface area (Å²) in [6.45, 7) is 4.37. The number of hydrogen-bond donors (Lipinski definition) is 1. The minimum absolute atomic E-state index is 0.202. The zero-order valence-electron chi connectivity index (χ0n) is 10.9. The van der Waals surface area contributed by atoms with Gasteiger partial charge in [-0.25, -0.2) is 4.79 Å². The fourth-order valence-electron chi connectivity index (χ4n) is 2.03. The van der Waals surface area contributed by atoms with Gasteiger partial charge in [0.1, 0.15) is 5.56 Å². The van der Waals surface area contributed by atoms with Gasteiger partial charge in [0.25, 0.3) is 5.56 Å². The van der Waals surface area contributed by atoms with Crippen LogP contribution < -0.4 is 5.56 Å². The monoisotopic (exact) mass is 257 g/mol. The zero-order valence-corrected chi connectivity index (χ0v) is 10.9. The van der Waals surface area contributed by atoms with E-state index in [0.717, 1.165) is 16.7 Å². The molecule has 19 heavy (non-hydrogen) atoms. The van der Waals surface area contributed by atoms with E-state index < -0.39 is 11.5 Å². The topological polar surface area (TPSA) is 59.3 Å². The summed E-state index contributed by atoms with van der Waals surface area (Å²) in [4.78, 5) is 22.9. The van der Waals surface area contributed by atoms with Gasteiger partial charge in [-0.15, -0.1) is 0 Å². The van der Waals surface area contributed by atoms with Crippen LogP contribution in [0.5, 0.6) is 0 Å². The van der Waals surface area contributed by atoms with Gasteiger partial charge in [0.05, 0.1) is 6.54 Å². The Morgan fingerprint density at radius 1 is 1.26 bits per heavy atom. The first-order chi connectivity index (χ1) is 8.99. The molecule has 1 heterocycles. The van der Waals surface area contributed by atoms with Crippen LogP contribution in [-0.2, 0) is 6.54 Å². The van der Waals surface area contributed by atoms with Gasteiger partial charge in [0, 0.05) is 6.20 Å². The number of rotatable bonds is 3. The van der Waals surface area contributed by atoms with E-state index in [1.807, 2.05) is 32.0 Å². The van der Waals surface area contributed by atoms with Crippen molar-refractivity contribution in [2.45, 2.75) is 20.4 Å². The van der Waals surface area contributed by atoms with Crippen molar-refractivity contribution in [2.75, 3.05) is 0 Å². The molecular formula is C15H15NO3. The van der Waals surface area contributed by atoms with Gasteiger partial charge in [0.2, 0.25) is 0 Å². The lowest BCUT2D eigenvalue weighted by atomic mass is 10.1. The molecule has 0 aliphatic carbocycles. The highest BCUT2D eigenvalue weighted by atomic mass is 16.4. The Morgan fingerprint density at radius 2 is 2.00 bits per heavy atom. The van der Waals surface area contributed by atoms with E-state index in [-0.39, 0.29) is 5.56 Å². The van der Waals surface area contributed by atoms with Crippen molar-refractivity contribution in [2.24, 2.45) is 0 Å². The molecule has 0 fully saturated rings. The van der Waals surface area contributed by atoms with E-state index in [0.29, 0.717) is 6.54 Å². The molecule has 0 saturated carbocycles. The summed E-state index contributed by atoms with van der Waals surface area (Å²) in [5, 5.41) is 8.93. The number of hydrogen-bond acceptors (Lipinski definition) is 2. The Hall–Kier alpha value is -2.36. The molecule has 98 valence electrons. The number of carbonyl (C=O) groups is 1. The quantitative estimate of drug-likeness (QED) is 0.917. The molecule has 1 N–H and O–H groups in total.